The van der Waals surface area contributed by atoms with E-state index in [1.165, 1.54) is 0 Å². The molecule has 1 amide bonds. The highest BCUT2D eigenvalue weighted by Gasteiger charge is 2.25. The summed E-state index contributed by atoms with van der Waals surface area (Å²) in [4.78, 5) is 14.4. The topological polar surface area (TPSA) is 54.7 Å². The largest absolute Gasteiger partial charge is 0.465 e. The van der Waals surface area contributed by atoms with E-state index in [9.17, 15) is 4.79 Å². The normalized spacial score (nSPS) is 15.9. The Hall–Kier alpha value is -2.55. The van der Waals surface area contributed by atoms with Crippen molar-refractivity contribution in [2.75, 3.05) is 32.8 Å². The Labute approximate surface area is 148 Å². The summed E-state index contributed by atoms with van der Waals surface area (Å²) in [5.74, 6) is 6.95. The van der Waals surface area contributed by atoms with Crippen LogP contribution in [0.5, 0.6) is 0 Å². The molecule has 130 valence electrons. The van der Waals surface area contributed by atoms with Crippen molar-refractivity contribution in [3.05, 3.63) is 59.5 Å². The van der Waals surface area contributed by atoms with E-state index in [1.807, 2.05) is 49.4 Å². The van der Waals surface area contributed by atoms with Crippen molar-refractivity contribution in [1.82, 2.24) is 10.2 Å². The molecule has 25 heavy (non-hydrogen) atoms. The predicted molar refractivity (Wildman–Crippen MR) is 94.9 cm³/mol. The van der Waals surface area contributed by atoms with Gasteiger partial charge in [-0.2, -0.15) is 0 Å². The van der Waals surface area contributed by atoms with E-state index in [1.54, 1.807) is 0 Å². The fraction of sp³-hybridized carbons (Fsp3) is 0.350. The standard InChI is InChI=1S/C20H22N2O3/c1-16-7-9-19(25-16)18(22-11-13-24-14-12-22)15-21-20(23)10-8-17-5-3-2-4-6-17/h2-7,9,18H,11-15H2,1H3,(H,21,23)/t18-/m0/s1. The number of carbonyl (C=O) groups excluding carboxylic acids is 1. The van der Waals surface area contributed by atoms with Crippen LogP contribution in [0.25, 0.3) is 0 Å². The van der Waals surface area contributed by atoms with E-state index in [0.717, 1.165) is 30.2 Å². The van der Waals surface area contributed by atoms with Gasteiger partial charge in [-0.3, -0.25) is 9.69 Å². The van der Waals surface area contributed by atoms with Gasteiger partial charge in [0.25, 0.3) is 5.91 Å². The van der Waals surface area contributed by atoms with Gasteiger partial charge in [-0.15, -0.1) is 0 Å². The maximum absolute atomic E-state index is 12.1. The van der Waals surface area contributed by atoms with Gasteiger partial charge in [0.15, 0.2) is 0 Å². The zero-order valence-corrected chi connectivity index (χ0v) is 14.3. The maximum Gasteiger partial charge on any atom is 0.296 e. The summed E-state index contributed by atoms with van der Waals surface area (Å²) in [6.07, 6.45) is 0. The average Bonchev–Trinajstić information content (AvgIpc) is 3.08. The minimum Gasteiger partial charge on any atom is -0.465 e. The summed E-state index contributed by atoms with van der Waals surface area (Å²) in [5, 5.41) is 2.90. The number of carbonyl (C=O) groups is 1. The Kier molecular flexibility index (Phi) is 5.89. The molecule has 1 aliphatic rings. The molecule has 2 heterocycles. The average molecular weight is 338 g/mol. The van der Waals surface area contributed by atoms with E-state index in [2.05, 4.69) is 22.1 Å². The first-order valence-electron chi connectivity index (χ1n) is 8.45. The van der Waals surface area contributed by atoms with Crippen molar-refractivity contribution in [3.63, 3.8) is 0 Å². The van der Waals surface area contributed by atoms with Crippen LogP contribution < -0.4 is 5.32 Å². The van der Waals surface area contributed by atoms with Crippen molar-refractivity contribution in [2.24, 2.45) is 0 Å². The smallest absolute Gasteiger partial charge is 0.296 e. The molecule has 1 atom stereocenters. The summed E-state index contributed by atoms with van der Waals surface area (Å²) in [6, 6.07) is 13.4. The molecule has 0 unspecified atom stereocenters. The fourth-order valence-electron chi connectivity index (χ4n) is 2.82. The quantitative estimate of drug-likeness (QED) is 0.868. The number of furan rings is 1. The zero-order chi connectivity index (χ0) is 17.5. The van der Waals surface area contributed by atoms with E-state index >= 15 is 0 Å². The lowest BCUT2D eigenvalue weighted by Gasteiger charge is -2.33. The van der Waals surface area contributed by atoms with Gasteiger partial charge in [0.1, 0.15) is 11.5 Å². The molecule has 0 radical (unpaired) electrons. The summed E-state index contributed by atoms with van der Waals surface area (Å²) in [6.45, 7) is 5.39. The van der Waals surface area contributed by atoms with Crippen LogP contribution in [0.4, 0.5) is 0 Å². The molecule has 1 aromatic carbocycles. The molecule has 3 rings (SSSR count). The third kappa shape index (κ3) is 4.96. The molecule has 5 heteroatoms. The van der Waals surface area contributed by atoms with Crippen LogP contribution in [0.2, 0.25) is 0 Å². The second kappa shape index (κ2) is 8.52. The minimum atomic E-state index is -0.287. The van der Waals surface area contributed by atoms with Crippen molar-refractivity contribution >= 4 is 5.91 Å². The Bertz CT molecular complexity index is 752. The second-order valence-electron chi connectivity index (χ2n) is 5.94. The van der Waals surface area contributed by atoms with E-state index < -0.39 is 0 Å². The summed E-state index contributed by atoms with van der Waals surface area (Å²) in [5.41, 5.74) is 0.823. The molecular formula is C20H22N2O3. The number of benzene rings is 1. The summed E-state index contributed by atoms with van der Waals surface area (Å²) in [7, 11) is 0. The van der Waals surface area contributed by atoms with Gasteiger partial charge in [-0.1, -0.05) is 24.1 Å². The molecule has 2 aromatic rings. The van der Waals surface area contributed by atoms with Crippen LogP contribution in [-0.4, -0.2) is 43.7 Å². The highest BCUT2D eigenvalue weighted by Crippen LogP contribution is 2.23. The fourth-order valence-corrected chi connectivity index (χ4v) is 2.82. The molecule has 1 aliphatic heterocycles. The molecular weight excluding hydrogens is 316 g/mol. The molecule has 1 fully saturated rings. The zero-order valence-electron chi connectivity index (χ0n) is 14.3. The van der Waals surface area contributed by atoms with Gasteiger partial charge in [0, 0.05) is 31.1 Å². The van der Waals surface area contributed by atoms with Gasteiger partial charge in [-0.25, -0.2) is 0 Å². The highest BCUT2D eigenvalue weighted by atomic mass is 16.5. The Morgan fingerprint density at radius 2 is 1.96 bits per heavy atom. The van der Waals surface area contributed by atoms with Crippen LogP contribution >= 0.6 is 0 Å². The lowest BCUT2D eigenvalue weighted by atomic mass is 10.1. The van der Waals surface area contributed by atoms with E-state index in [-0.39, 0.29) is 11.9 Å². The Balaban J connectivity index is 1.64. The highest BCUT2D eigenvalue weighted by molar-refractivity contribution is 5.94. The number of aryl methyl sites for hydroxylation is 1. The van der Waals surface area contributed by atoms with Crippen LogP contribution in [0.1, 0.15) is 23.1 Å². The van der Waals surface area contributed by atoms with Crippen molar-refractivity contribution in [3.8, 4) is 11.8 Å². The molecule has 0 bridgehead atoms. The number of morpholine rings is 1. The van der Waals surface area contributed by atoms with Crippen molar-refractivity contribution in [2.45, 2.75) is 13.0 Å². The number of amides is 1. The van der Waals surface area contributed by atoms with Crippen LogP contribution in [0.15, 0.2) is 46.9 Å². The van der Waals surface area contributed by atoms with Crippen LogP contribution in [-0.2, 0) is 9.53 Å². The number of ether oxygens (including phenoxy) is 1. The first kappa shape index (κ1) is 17.3. The number of nitrogens with zero attached hydrogens (tertiary/aromatic N) is 1. The van der Waals surface area contributed by atoms with E-state index in [0.29, 0.717) is 19.8 Å². The molecule has 0 spiro atoms. The molecule has 0 saturated carbocycles. The molecule has 5 nitrogen and oxygen atoms in total. The number of hydrogen-bond donors (Lipinski definition) is 1. The van der Waals surface area contributed by atoms with Crippen molar-refractivity contribution < 1.29 is 13.9 Å². The van der Waals surface area contributed by atoms with Gasteiger partial charge < -0.3 is 14.5 Å². The third-order valence-corrected chi connectivity index (χ3v) is 4.13. The number of nitrogens with one attached hydrogen (secondary N) is 1. The first-order valence-corrected chi connectivity index (χ1v) is 8.45. The maximum atomic E-state index is 12.1. The summed E-state index contributed by atoms with van der Waals surface area (Å²) < 4.78 is 11.2. The first-order chi connectivity index (χ1) is 12.2. The SMILES string of the molecule is Cc1ccc([C@H](CNC(=O)C#Cc2ccccc2)N2CCOCC2)o1. The number of hydrogen-bond acceptors (Lipinski definition) is 4. The van der Waals surface area contributed by atoms with Crippen LogP contribution in [0.3, 0.4) is 0 Å². The Morgan fingerprint density at radius 3 is 2.64 bits per heavy atom. The summed E-state index contributed by atoms with van der Waals surface area (Å²) >= 11 is 0. The predicted octanol–water partition coefficient (Wildman–Crippen LogP) is 2.13. The van der Waals surface area contributed by atoms with Gasteiger partial charge in [0.05, 0.1) is 19.3 Å². The monoisotopic (exact) mass is 338 g/mol. The molecule has 0 aliphatic carbocycles. The van der Waals surface area contributed by atoms with Gasteiger partial charge >= 0.3 is 0 Å². The Morgan fingerprint density at radius 1 is 1.20 bits per heavy atom. The molecule has 1 N–H and O–H groups in total. The minimum absolute atomic E-state index is 0.0138. The van der Waals surface area contributed by atoms with Crippen molar-refractivity contribution in [1.29, 1.82) is 0 Å². The lowest BCUT2D eigenvalue weighted by molar-refractivity contribution is -0.116. The third-order valence-electron chi connectivity index (χ3n) is 4.13. The van der Waals surface area contributed by atoms with E-state index in [4.69, 9.17) is 9.15 Å². The lowest BCUT2D eigenvalue weighted by Crippen LogP contribution is -2.43. The molecule has 1 aromatic heterocycles. The number of rotatable bonds is 4. The van der Waals surface area contributed by atoms with Gasteiger partial charge in [-0.05, 0) is 31.2 Å². The van der Waals surface area contributed by atoms with Crippen LogP contribution in [0, 0.1) is 18.8 Å². The second-order valence-corrected chi connectivity index (χ2v) is 5.94. The molecule has 1 saturated heterocycles. The van der Waals surface area contributed by atoms with Gasteiger partial charge in [0.2, 0.25) is 0 Å².